The molecule has 2 aromatic heterocycles. The van der Waals surface area contributed by atoms with Gasteiger partial charge in [0.1, 0.15) is 5.69 Å². The average molecular weight is 245 g/mol. The number of rotatable bonds is 2. The van der Waals surface area contributed by atoms with Gasteiger partial charge in [0.2, 0.25) is 0 Å². The molecule has 0 aromatic carbocycles. The van der Waals surface area contributed by atoms with Crippen LogP contribution in [0.4, 0.5) is 0 Å². The van der Waals surface area contributed by atoms with E-state index in [0.29, 0.717) is 11.6 Å². The number of nitrogens with zero attached hydrogens (tertiary/aromatic N) is 1. The number of carbonyl (C=O) groups is 1. The topological polar surface area (TPSA) is 81.0 Å². The molecular weight excluding hydrogens is 230 g/mol. The molecule has 3 rings (SSSR count). The number of hydrogen-bond acceptors (Lipinski definition) is 3. The second-order valence-electron chi connectivity index (χ2n) is 4.60. The van der Waals surface area contributed by atoms with Gasteiger partial charge in [-0.05, 0) is 31.0 Å². The van der Waals surface area contributed by atoms with E-state index in [4.69, 9.17) is 10.5 Å². The standard InChI is InChI=1S/C13H15N3O2/c14-13(17)10-2-1-9-12(16-10)7-11(15-9)8-3-5-18-6-4-8/h1-2,7-8,15H,3-6H2,(H2,14,17). The molecule has 3 N–H and O–H groups in total. The minimum Gasteiger partial charge on any atom is -0.381 e. The normalized spacial score (nSPS) is 17.1. The minimum absolute atomic E-state index is 0.306. The Hall–Kier alpha value is -1.88. The van der Waals surface area contributed by atoms with E-state index in [1.165, 1.54) is 5.69 Å². The average Bonchev–Trinajstić information content (AvgIpc) is 2.82. The number of hydrogen-bond donors (Lipinski definition) is 2. The highest BCUT2D eigenvalue weighted by Crippen LogP contribution is 2.28. The third-order valence-corrected chi connectivity index (χ3v) is 3.41. The van der Waals surface area contributed by atoms with Crippen molar-refractivity contribution in [3.63, 3.8) is 0 Å². The molecule has 18 heavy (non-hydrogen) atoms. The van der Waals surface area contributed by atoms with E-state index in [2.05, 4.69) is 9.97 Å². The first-order valence-electron chi connectivity index (χ1n) is 6.11. The van der Waals surface area contributed by atoms with Crippen molar-refractivity contribution < 1.29 is 9.53 Å². The smallest absolute Gasteiger partial charge is 0.267 e. The Labute approximate surface area is 104 Å². The summed E-state index contributed by atoms with van der Waals surface area (Å²) in [7, 11) is 0. The van der Waals surface area contributed by atoms with Gasteiger partial charge < -0.3 is 15.5 Å². The SMILES string of the molecule is NC(=O)c1ccc2[nH]c(C3CCOCC3)cc2n1. The molecule has 1 aliphatic rings. The van der Waals surface area contributed by atoms with Crippen molar-refractivity contribution >= 4 is 16.9 Å². The van der Waals surface area contributed by atoms with Crippen LogP contribution in [0.2, 0.25) is 0 Å². The van der Waals surface area contributed by atoms with Gasteiger partial charge in [-0.25, -0.2) is 4.98 Å². The Balaban J connectivity index is 1.97. The number of H-pyrrole nitrogens is 1. The summed E-state index contributed by atoms with van der Waals surface area (Å²) in [5.74, 6) is -0.00399. The highest BCUT2D eigenvalue weighted by Gasteiger charge is 2.18. The van der Waals surface area contributed by atoms with E-state index in [1.807, 2.05) is 12.1 Å². The van der Waals surface area contributed by atoms with E-state index in [9.17, 15) is 4.79 Å². The Kier molecular flexibility index (Phi) is 2.76. The number of ether oxygens (including phenoxy) is 1. The van der Waals surface area contributed by atoms with Gasteiger partial charge in [0.05, 0.1) is 11.0 Å². The molecule has 0 spiro atoms. The number of amides is 1. The van der Waals surface area contributed by atoms with E-state index in [1.54, 1.807) is 6.07 Å². The maximum Gasteiger partial charge on any atom is 0.267 e. The van der Waals surface area contributed by atoms with Crippen molar-refractivity contribution in [3.8, 4) is 0 Å². The van der Waals surface area contributed by atoms with Gasteiger partial charge in [0, 0.05) is 24.8 Å². The summed E-state index contributed by atoms with van der Waals surface area (Å²) in [5.41, 5.74) is 8.45. The lowest BCUT2D eigenvalue weighted by molar-refractivity contribution is 0.0846. The summed E-state index contributed by atoms with van der Waals surface area (Å²) in [5, 5.41) is 0. The Morgan fingerprint density at radius 3 is 2.89 bits per heavy atom. The van der Waals surface area contributed by atoms with Crippen molar-refractivity contribution in [1.29, 1.82) is 0 Å². The van der Waals surface area contributed by atoms with Gasteiger partial charge in [-0.3, -0.25) is 4.79 Å². The van der Waals surface area contributed by atoms with Crippen molar-refractivity contribution in [2.45, 2.75) is 18.8 Å². The molecule has 3 heterocycles. The first-order valence-corrected chi connectivity index (χ1v) is 6.11. The Morgan fingerprint density at radius 2 is 2.17 bits per heavy atom. The lowest BCUT2D eigenvalue weighted by atomic mass is 9.97. The van der Waals surface area contributed by atoms with Crippen LogP contribution in [-0.4, -0.2) is 29.1 Å². The third-order valence-electron chi connectivity index (χ3n) is 3.41. The van der Waals surface area contributed by atoms with E-state index in [-0.39, 0.29) is 0 Å². The molecule has 94 valence electrons. The summed E-state index contributed by atoms with van der Waals surface area (Å²) in [4.78, 5) is 18.7. The number of carbonyl (C=O) groups excluding carboxylic acids is 1. The van der Waals surface area contributed by atoms with Crippen molar-refractivity contribution in [2.24, 2.45) is 5.73 Å². The first-order chi connectivity index (χ1) is 8.74. The van der Waals surface area contributed by atoms with Crippen LogP contribution in [0.1, 0.15) is 34.9 Å². The van der Waals surface area contributed by atoms with Gasteiger partial charge in [-0.2, -0.15) is 0 Å². The number of nitrogens with one attached hydrogen (secondary N) is 1. The molecule has 5 heteroatoms. The van der Waals surface area contributed by atoms with E-state index >= 15 is 0 Å². The molecule has 2 aromatic rings. The number of fused-ring (bicyclic) bond motifs is 1. The molecule has 1 saturated heterocycles. The van der Waals surface area contributed by atoms with Crippen LogP contribution in [0.5, 0.6) is 0 Å². The molecule has 1 amide bonds. The fourth-order valence-corrected chi connectivity index (χ4v) is 2.40. The molecular formula is C13H15N3O2. The molecule has 0 radical (unpaired) electrons. The molecule has 0 atom stereocenters. The zero-order chi connectivity index (χ0) is 12.5. The van der Waals surface area contributed by atoms with Crippen molar-refractivity contribution in [2.75, 3.05) is 13.2 Å². The van der Waals surface area contributed by atoms with Gasteiger partial charge in [-0.15, -0.1) is 0 Å². The quantitative estimate of drug-likeness (QED) is 0.842. The molecule has 1 fully saturated rings. The number of aromatic nitrogens is 2. The molecule has 0 bridgehead atoms. The number of pyridine rings is 1. The number of nitrogens with two attached hydrogens (primary N) is 1. The first kappa shape index (κ1) is 11.2. The third kappa shape index (κ3) is 1.97. The van der Waals surface area contributed by atoms with Crippen LogP contribution in [0.15, 0.2) is 18.2 Å². The molecule has 1 aliphatic heterocycles. The van der Waals surface area contributed by atoms with Crippen LogP contribution >= 0.6 is 0 Å². The zero-order valence-corrected chi connectivity index (χ0v) is 9.98. The monoisotopic (exact) mass is 245 g/mol. The maximum absolute atomic E-state index is 11.1. The lowest BCUT2D eigenvalue weighted by Gasteiger charge is -2.20. The summed E-state index contributed by atoms with van der Waals surface area (Å²) in [6.07, 6.45) is 2.05. The second kappa shape index (κ2) is 4.42. The van der Waals surface area contributed by atoms with Gasteiger partial charge in [0.15, 0.2) is 0 Å². The predicted molar refractivity (Wildman–Crippen MR) is 67.4 cm³/mol. The fourth-order valence-electron chi connectivity index (χ4n) is 2.40. The number of primary amides is 1. The largest absolute Gasteiger partial charge is 0.381 e. The predicted octanol–water partition coefficient (Wildman–Crippen LogP) is 1.56. The van der Waals surface area contributed by atoms with Crippen LogP contribution in [-0.2, 0) is 4.74 Å². The van der Waals surface area contributed by atoms with Crippen molar-refractivity contribution in [1.82, 2.24) is 9.97 Å². The molecule has 0 saturated carbocycles. The van der Waals surface area contributed by atoms with Gasteiger partial charge in [-0.1, -0.05) is 0 Å². The van der Waals surface area contributed by atoms with Gasteiger partial charge >= 0.3 is 0 Å². The van der Waals surface area contributed by atoms with E-state index < -0.39 is 5.91 Å². The Morgan fingerprint density at radius 1 is 1.39 bits per heavy atom. The minimum atomic E-state index is -0.495. The Bertz CT molecular complexity index is 585. The van der Waals surface area contributed by atoms with Crippen molar-refractivity contribution in [3.05, 3.63) is 29.6 Å². The van der Waals surface area contributed by atoms with Crippen LogP contribution < -0.4 is 5.73 Å². The summed E-state index contributed by atoms with van der Waals surface area (Å²) < 4.78 is 5.36. The van der Waals surface area contributed by atoms with Crippen LogP contribution in [0, 0.1) is 0 Å². The molecule has 0 aliphatic carbocycles. The number of aromatic amines is 1. The summed E-state index contributed by atoms with van der Waals surface area (Å²) >= 11 is 0. The maximum atomic E-state index is 11.1. The second-order valence-corrected chi connectivity index (χ2v) is 4.60. The fraction of sp³-hybridized carbons (Fsp3) is 0.385. The van der Waals surface area contributed by atoms with Crippen LogP contribution in [0.25, 0.3) is 11.0 Å². The summed E-state index contributed by atoms with van der Waals surface area (Å²) in [6.45, 7) is 1.61. The zero-order valence-electron chi connectivity index (χ0n) is 9.98. The highest BCUT2D eigenvalue weighted by atomic mass is 16.5. The molecule has 0 unspecified atom stereocenters. The van der Waals surface area contributed by atoms with Crippen LogP contribution in [0.3, 0.4) is 0 Å². The molecule has 5 nitrogen and oxygen atoms in total. The lowest BCUT2D eigenvalue weighted by Crippen LogP contribution is -2.14. The summed E-state index contributed by atoms with van der Waals surface area (Å²) in [6, 6.07) is 5.51. The highest BCUT2D eigenvalue weighted by molar-refractivity contribution is 5.93. The van der Waals surface area contributed by atoms with Gasteiger partial charge in [0.25, 0.3) is 5.91 Å². The van der Waals surface area contributed by atoms with E-state index in [0.717, 1.165) is 37.1 Å².